The number of nitrogens with zero attached hydrogens (tertiary/aromatic N) is 1. The van der Waals surface area contributed by atoms with Crippen LogP contribution in [-0.2, 0) is 11.2 Å². The first-order valence-electron chi connectivity index (χ1n) is 13.6. The number of halogens is 1. The summed E-state index contributed by atoms with van der Waals surface area (Å²) in [7, 11) is 0. The maximum Gasteiger partial charge on any atom is 0.408 e. The second-order valence-electron chi connectivity index (χ2n) is 11.3. The Bertz CT molecular complexity index is 1240. The Balaban J connectivity index is 1.43. The average molecular weight is 535 g/mol. The second kappa shape index (κ2) is 12.2. The minimum absolute atomic E-state index is 0.0684. The van der Waals surface area contributed by atoms with E-state index in [0.717, 1.165) is 61.4 Å². The molecule has 0 radical (unpaired) electrons. The highest BCUT2D eigenvalue weighted by Gasteiger charge is 2.34. The summed E-state index contributed by atoms with van der Waals surface area (Å²) in [6.45, 7) is 9.58. The highest BCUT2D eigenvalue weighted by Crippen LogP contribution is 2.36. The van der Waals surface area contributed by atoms with E-state index in [1.165, 1.54) is 5.56 Å². The van der Waals surface area contributed by atoms with Gasteiger partial charge in [0.2, 0.25) is 0 Å². The van der Waals surface area contributed by atoms with Gasteiger partial charge >= 0.3 is 6.09 Å². The summed E-state index contributed by atoms with van der Waals surface area (Å²) in [5.74, 6) is 0.714. The molecule has 1 saturated carbocycles. The monoisotopic (exact) mass is 534 g/mol. The quantitative estimate of drug-likeness (QED) is 0.309. The predicted octanol–water partition coefficient (Wildman–Crippen LogP) is 8.42. The Kier molecular flexibility index (Phi) is 8.99. The topological polar surface area (TPSA) is 60.5 Å². The third-order valence-electron chi connectivity index (χ3n) is 7.07. The molecule has 0 bridgehead atoms. The number of pyridine rings is 1. The van der Waals surface area contributed by atoms with E-state index in [2.05, 4.69) is 29.0 Å². The number of nitrogens with one attached hydrogen (secondary N) is 1. The minimum Gasteiger partial charge on any atom is -0.489 e. The Labute approximate surface area is 231 Å². The zero-order chi connectivity index (χ0) is 27.2. The highest BCUT2D eigenvalue weighted by atomic mass is 35.5. The van der Waals surface area contributed by atoms with Crippen LogP contribution in [0.15, 0.2) is 67.4 Å². The fourth-order valence-corrected chi connectivity index (χ4v) is 5.54. The molecule has 1 aromatic heterocycles. The van der Waals surface area contributed by atoms with Gasteiger partial charge in [-0.2, -0.15) is 0 Å². The number of amides is 1. The summed E-state index contributed by atoms with van der Waals surface area (Å²) < 4.78 is 12.0. The molecule has 202 valence electrons. The number of hydrogen-bond donors (Lipinski definition) is 1. The lowest BCUT2D eigenvalue weighted by Crippen LogP contribution is -2.50. The maximum atomic E-state index is 12.6. The van der Waals surface area contributed by atoms with E-state index in [-0.39, 0.29) is 17.7 Å². The van der Waals surface area contributed by atoms with E-state index in [1.807, 2.05) is 69.4 Å². The van der Waals surface area contributed by atoms with Gasteiger partial charge < -0.3 is 14.8 Å². The van der Waals surface area contributed by atoms with Crippen LogP contribution in [0.25, 0.3) is 10.8 Å². The van der Waals surface area contributed by atoms with E-state index in [9.17, 15) is 4.79 Å². The molecule has 0 atom stereocenters. The maximum absolute atomic E-state index is 12.6. The predicted molar refractivity (Wildman–Crippen MR) is 155 cm³/mol. The molecule has 5 nitrogen and oxygen atoms in total. The largest absolute Gasteiger partial charge is 0.489 e. The van der Waals surface area contributed by atoms with E-state index >= 15 is 0 Å². The zero-order valence-corrected chi connectivity index (χ0v) is 23.5. The van der Waals surface area contributed by atoms with Crippen LogP contribution in [0.2, 0.25) is 5.02 Å². The molecule has 6 heteroatoms. The molecule has 1 fully saturated rings. The van der Waals surface area contributed by atoms with E-state index in [1.54, 1.807) is 0 Å². The Hall–Kier alpha value is -3.05. The summed E-state index contributed by atoms with van der Waals surface area (Å²) in [6.07, 6.45) is 10.2. The number of rotatable bonds is 7. The molecule has 2 aromatic carbocycles. The first kappa shape index (κ1) is 28.0. The SMILES string of the molecule is C=CCC1(NC(=O)OC(C)(C)C)CCCC(Oc2cc3ccnc(Cc4ccccc4)c3cc2Cl)CCC1. The Morgan fingerprint density at radius 2 is 1.87 bits per heavy atom. The molecular formula is C32H39ClN2O3. The molecule has 4 rings (SSSR count). The second-order valence-corrected chi connectivity index (χ2v) is 11.8. The van der Waals surface area contributed by atoms with Crippen molar-refractivity contribution < 1.29 is 14.3 Å². The lowest BCUT2D eigenvalue weighted by Gasteiger charge is -2.37. The van der Waals surface area contributed by atoms with E-state index in [4.69, 9.17) is 21.1 Å². The van der Waals surface area contributed by atoms with Gasteiger partial charge in [-0.05, 0) is 94.9 Å². The zero-order valence-electron chi connectivity index (χ0n) is 22.8. The summed E-state index contributed by atoms with van der Waals surface area (Å²) in [6, 6.07) is 16.4. The van der Waals surface area contributed by atoms with Crippen molar-refractivity contribution in [1.82, 2.24) is 10.3 Å². The fourth-order valence-electron chi connectivity index (χ4n) is 5.33. The Morgan fingerprint density at radius 3 is 2.53 bits per heavy atom. The molecule has 0 unspecified atom stereocenters. The fraction of sp³-hybridized carbons (Fsp3) is 0.438. The van der Waals surface area contributed by atoms with Gasteiger partial charge in [0.1, 0.15) is 11.4 Å². The smallest absolute Gasteiger partial charge is 0.408 e. The van der Waals surface area contributed by atoms with Crippen molar-refractivity contribution in [1.29, 1.82) is 0 Å². The molecular weight excluding hydrogens is 496 g/mol. The summed E-state index contributed by atoms with van der Waals surface area (Å²) in [5, 5.41) is 5.90. The van der Waals surface area contributed by atoms with Gasteiger partial charge in [0, 0.05) is 23.5 Å². The lowest BCUT2D eigenvalue weighted by molar-refractivity contribution is 0.0423. The molecule has 0 saturated heterocycles. The number of benzene rings is 2. The number of ether oxygens (including phenoxy) is 2. The molecule has 38 heavy (non-hydrogen) atoms. The molecule has 1 amide bonds. The van der Waals surface area contributed by atoms with Crippen LogP contribution < -0.4 is 10.1 Å². The number of aromatic nitrogens is 1. The highest BCUT2D eigenvalue weighted by molar-refractivity contribution is 6.33. The third-order valence-corrected chi connectivity index (χ3v) is 7.37. The van der Waals surface area contributed by atoms with Crippen molar-refractivity contribution in [2.75, 3.05) is 0 Å². The first-order valence-corrected chi connectivity index (χ1v) is 13.9. The number of fused-ring (bicyclic) bond motifs is 1. The number of hydrogen-bond acceptors (Lipinski definition) is 4. The van der Waals surface area contributed by atoms with Crippen LogP contribution in [0.4, 0.5) is 4.79 Å². The van der Waals surface area contributed by atoms with Crippen LogP contribution in [0.5, 0.6) is 5.75 Å². The van der Waals surface area contributed by atoms with Crippen molar-refractivity contribution >= 4 is 28.5 Å². The van der Waals surface area contributed by atoms with Crippen molar-refractivity contribution in [3.8, 4) is 5.75 Å². The van der Waals surface area contributed by atoms with Crippen LogP contribution in [0, 0.1) is 0 Å². The van der Waals surface area contributed by atoms with Gasteiger partial charge in [0.05, 0.1) is 16.8 Å². The van der Waals surface area contributed by atoms with Crippen molar-refractivity contribution in [3.63, 3.8) is 0 Å². The first-order chi connectivity index (χ1) is 18.2. The lowest BCUT2D eigenvalue weighted by atomic mass is 9.81. The normalized spacial score (nSPS) is 20.3. The third kappa shape index (κ3) is 7.50. The molecule has 1 aliphatic rings. The van der Waals surface area contributed by atoms with Crippen molar-refractivity contribution in [2.45, 2.75) is 89.4 Å². The summed E-state index contributed by atoms with van der Waals surface area (Å²) in [5.41, 5.74) is 1.35. The van der Waals surface area contributed by atoms with Crippen molar-refractivity contribution in [3.05, 3.63) is 83.7 Å². The molecule has 1 heterocycles. The minimum atomic E-state index is -0.530. The van der Waals surface area contributed by atoms with Gasteiger partial charge in [-0.25, -0.2) is 4.79 Å². The van der Waals surface area contributed by atoms with Gasteiger partial charge in [0.15, 0.2) is 0 Å². The van der Waals surface area contributed by atoms with Crippen LogP contribution in [-0.4, -0.2) is 28.3 Å². The van der Waals surface area contributed by atoms with Gasteiger partial charge in [-0.3, -0.25) is 4.98 Å². The number of carbonyl (C=O) groups is 1. The molecule has 1 aliphatic carbocycles. The molecule has 0 aliphatic heterocycles. The van der Waals surface area contributed by atoms with E-state index < -0.39 is 5.60 Å². The van der Waals surface area contributed by atoms with Gasteiger partial charge in [0.25, 0.3) is 0 Å². The molecule has 1 N–H and O–H groups in total. The van der Waals surface area contributed by atoms with Crippen LogP contribution in [0.1, 0.15) is 77.0 Å². The van der Waals surface area contributed by atoms with Gasteiger partial charge in [-0.1, -0.05) is 48.0 Å². The van der Waals surface area contributed by atoms with Crippen molar-refractivity contribution in [2.24, 2.45) is 0 Å². The molecule has 3 aromatic rings. The standard InChI is InChI=1S/C32H39ClN2O3/c1-5-16-32(35-30(36)38-31(2,3)4)17-9-13-25(14-10-18-32)37-29-21-24-15-19-34-28(26(24)22-27(29)33)20-23-11-7-6-8-12-23/h5-8,11-12,15,19,21-22,25H,1,9-10,13-14,16-18,20H2,2-4H3,(H,35,36). The Morgan fingerprint density at radius 1 is 1.16 bits per heavy atom. The number of carbonyl (C=O) groups excluding carboxylic acids is 1. The number of alkyl carbamates (subject to hydrolysis) is 1. The van der Waals surface area contributed by atoms with Crippen LogP contribution >= 0.6 is 11.6 Å². The summed E-state index contributed by atoms with van der Waals surface area (Å²) in [4.78, 5) is 17.2. The summed E-state index contributed by atoms with van der Waals surface area (Å²) >= 11 is 6.74. The van der Waals surface area contributed by atoms with Crippen LogP contribution in [0.3, 0.4) is 0 Å². The van der Waals surface area contributed by atoms with Gasteiger partial charge in [-0.15, -0.1) is 6.58 Å². The van der Waals surface area contributed by atoms with E-state index in [0.29, 0.717) is 17.2 Å². The molecule has 0 spiro atoms. The average Bonchev–Trinajstić information content (AvgIpc) is 2.83.